The molecule has 1 aliphatic carbocycles. The number of piperidine rings is 2. The third-order valence-electron chi connectivity index (χ3n) is 6.41. The molecule has 3 fully saturated rings. The van der Waals surface area contributed by atoms with E-state index in [1.807, 2.05) is 27.0 Å². The van der Waals surface area contributed by atoms with Crippen LogP contribution in [0.5, 0.6) is 0 Å². The molecule has 1 aromatic heterocycles. The number of hydrogen-bond acceptors (Lipinski definition) is 7. The number of hydrogen-bond donors (Lipinski definition) is 2. The highest BCUT2D eigenvalue weighted by atomic mass is 16.2. The fourth-order valence-corrected chi connectivity index (χ4v) is 4.58. The number of amides is 4. The molecule has 1 unspecified atom stereocenters. The molecule has 2 bridgehead atoms. The number of nitrogens with zero attached hydrogens (tertiary/aromatic N) is 4. The van der Waals surface area contributed by atoms with Crippen LogP contribution in [0, 0.1) is 5.92 Å². The van der Waals surface area contributed by atoms with E-state index in [1.165, 1.54) is 0 Å². The zero-order valence-electron chi connectivity index (χ0n) is 17.4. The highest BCUT2D eigenvalue weighted by Gasteiger charge is 2.65. The SMILES string of the molecule is CC(Nc1cccc2c1C(=O)N(C13CC(C1)C(=O)NC3=O)C2=O)c1cn(C(C)C)nn1. The zero-order chi connectivity index (χ0) is 22.1. The Morgan fingerprint density at radius 3 is 2.52 bits per heavy atom. The van der Waals surface area contributed by atoms with Gasteiger partial charge >= 0.3 is 0 Å². The van der Waals surface area contributed by atoms with Crippen LogP contribution in [0.4, 0.5) is 5.69 Å². The fraction of sp³-hybridized carbons (Fsp3) is 0.429. The maximum absolute atomic E-state index is 13.4. The Bertz CT molecular complexity index is 1150. The Kier molecular flexibility index (Phi) is 4.05. The van der Waals surface area contributed by atoms with E-state index in [-0.39, 0.29) is 47.9 Å². The Labute approximate surface area is 178 Å². The molecule has 4 amide bonds. The molecule has 31 heavy (non-hydrogen) atoms. The summed E-state index contributed by atoms with van der Waals surface area (Å²) in [6, 6.07) is 4.90. The summed E-state index contributed by atoms with van der Waals surface area (Å²) in [6.07, 6.45) is 2.20. The molecule has 6 rings (SSSR count). The van der Waals surface area contributed by atoms with Gasteiger partial charge in [-0.2, -0.15) is 0 Å². The second-order valence-corrected chi connectivity index (χ2v) is 8.71. The minimum atomic E-state index is -1.28. The molecule has 0 spiro atoms. The summed E-state index contributed by atoms with van der Waals surface area (Å²) in [5.41, 5.74) is 0.387. The van der Waals surface area contributed by atoms with Gasteiger partial charge in [0.1, 0.15) is 11.2 Å². The van der Waals surface area contributed by atoms with E-state index in [9.17, 15) is 19.2 Å². The Morgan fingerprint density at radius 1 is 1.13 bits per heavy atom. The standard InChI is InChI=1S/C21H22N6O4/c1-10(2)26-9-15(24-25-26)11(3)22-14-6-4-5-13-16(14)19(30)27(18(13)29)21-7-12(8-21)17(28)23-20(21)31/h4-6,9-12,22H,7-8H2,1-3H3,(H,23,28,31). The van der Waals surface area contributed by atoms with Crippen molar-refractivity contribution in [1.29, 1.82) is 0 Å². The summed E-state index contributed by atoms with van der Waals surface area (Å²) < 4.78 is 1.74. The first kappa shape index (κ1) is 19.4. The summed E-state index contributed by atoms with van der Waals surface area (Å²) in [4.78, 5) is 51.9. The number of carbonyl (C=O) groups is 4. The van der Waals surface area contributed by atoms with Crippen molar-refractivity contribution in [2.24, 2.45) is 5.92 Å². The third-order valence-corrected chi connectivity index (χ3v) is 6.41. The van der Waals surface area contributed by atoms with Gasteiger partial charge in [-0.3, -0.25) is 29.4 Å². The Balaban J connectivity index is 1.45. The van der Waals surface area contributed by atoms with E-state index in [0.29, 0.717) is 11.4 Å². The highest BCUT2D eigenvalue weighted by Crippen LogP contribution is 2.49. The van der Waals surface area contributed by atoms with Gasteiger partial charge in [0.15, 0.2) is 0 Å². The quantitative estimate of drug-likeness (QED) is 0.698. The van der Waals surface area contributed by atoms with E-state index in [4.69, 9.17) is 0 Å². The number of rotatable bonds is 5. The van der Waals surface area contributed by atoms with Gasteiger partial charge in [0.25, 0.3) is 17.7 Å². The van der Waals surface area contributed by atoms with E-state index < -0.39 is 23.3 Å². The van der Waals surface area contributed by atoms with Gasteiger partial charge < -0.3 is 5.32 Å². The van der Waals surface area contributed by atoms with Crippen molar-refractivity contribution in [3.8, 4) is 0 Å². The van der Waals surface area contributed by atoms with Crippen molar-refractivity contribution in [1.82, 2.24) is 25.2 Å². The van der Waals surface area contributed by atoms with Gasteiger partial charge in [-0.1, -0.05) is 11.3 Å². The predicted molar refractivity (Wildman–Crippen MR) is 108 cm³/mol. The molecule has 2 N–H and O–H groups in total. The fourth-order valence-electron chi connectivity index (χ4n) is 4.58. The van der Waals surface area contributed by atoms with Crippen molar-refractivity contribution in [2.75, 3.05) is 5.32 Å². The first-order valence-corrected chi connectivity index (χ1v) is 10.3. The Hall–Kier alpha value is -3.56. The minimum Gasteiger partial charge on any atom is -0.376 e. The molecule has 2 aromatic rings. The normalized spacial score (nSPS) is 25.4. The van der Waals surface area contributed by atoms with E-state index in [1.54, 1.807) is 22.9 Å². The van der Waals surface area contributed by atoms with Crippen LogP contribution in [0.15, 0.2) is 24.4 Å². The first-order valence-electron chi connectivity index (χ1n) is 10.3. The maximum Gasteiger partial charge on any atom is 0.264 e. The molecule has 10 nitrogen and oxygen atoms in total. The lowest BCUT2D eigenvalue weighted by Gasteiger charge is -2.52. The molecule has 1 aromatic carbocycles. The minimum absolute atomic E-state index is 0.168. The topological polar surface area (TPSA) is 126 Å². The van der Waals surface area contributed by atoms with Crippen LogP contribution in [-0.4, -0.2) is 49.1 Å². The van der Waals surface area contributed by atoms with Gasteiger partial charge in [-0.05, 0) is 45.7 Å². The van der Waals surface area contributed by atoms with E-state index in [2.05, 4.69) is 20.9 Å². The van der Waals surface area contributed by atoms with Crippen molar-refractivity contribution in [3.63, 3.8) is 0 Å². The summed E-state index contributed by atoms with van der Waals surface area (Å²) in [5.74, 6) is -2.30. The number of nitrogens with one attached hydrogen (secondary N) is 2. The van der Waals surface area contributed by atoms with Crippen LogP contribution in [0.3, 0.4) is 0 Å². The lowest BCUT2D eigenvalue weighted by molar-refractivity contribution is -0.158. The van der Waals surface area contributed by atoms with Crippen LogP contribution in [0.25, 0.3) is 0 Å². The molecule has 2 saturated heterocycles. The Morgan fingerprint density at radius 2 is 1.87 bits per heavy atom. The molecular formula is C21H22N6O4. The number of imide groups is 2. The summed E-state index contributed by atoms with van der Waals surface area (Å²) in [5, 5.41) is 13.8. The molecule has 4 aliphatic rings. The molecule has 3 aliphatic heterocycles. The van der Waals surface area contributed by atoms with Crippen molar-refractivity contribution < 1.29 is 19.2 Å². The molecule has 0 radical (unpaired) electrons. The smallest absolute Gasteiger partial charge is 0.264 e. The second-order valence-electron chi connectivity index (χ2n) is 8.71. The highest BCUT2D eigenvalue weighted by molar-refractivity contribution is 6.26. The zero-order valence-corrected chi connectivity index (χ0v) is 17.4. The second kappa shape index (κ2) is 6.47. The van der Waals surface area contributed by atoms with Gasteiger partial charge in [0.05, 0.1) is 23.4 Å². The molecule has 1 saturated carbocycles. The summed E-state index contributed by atoms with van der Waals surface area (Å²) >= 11 is 0. The van der Waals surface area contributed by atoms with Gasteiger partial charge in [-0.25, -0.2) is 4.68 Å². The molecule has 160 valence electrons. The maximum atomic E-state index is 13.4. The monoisotopic (exact) mass is 422 g/mol. The van der Waals surface area contributed by atoms with Crippen molar-refractivity contribution in [3.05, 3.63) is 41.2 Å². The average molecular weight is 422 g/mol. The van der Waals surface area contributed by atoms with Gasteiger partial charge in [0, 0.05) is 17.6 Å². The van der Waals surface area contributed by atoms with Crippen LogP contribution in [0.2, 0.25) is 0 Å². The van der Waals surface area contributed by atoms with Crippen molar-refractivity contribution in [2.45, 2.75) is 51.2 Å². The van der Waals surface area contributed by atoms with Crippen LogP contribution in [-0.2, 0) is 9.59 Å². The molecule has 10 heteroatoms. The number of benzene rings is 1. The molecule has 4 heterocycles. The largest absolute Gasteiger partial charge is 0.376 e. The predicted octanol–water partition coefficient (Wildman–Crippen LogP) is 1.43. The number of aromatic nitrogens is 3. The van der Waals surface area contributed by atoms with Gasteiger partial charge in [0.2, 0.25) is 5.91 Å². The molecule has 1 atom stereocenters. The van der Waals surface area contributed by atoms with Crippen LogP contribution >= 0.6 is 0 Å². The molecular weight excluding hydrogens is 400 g/mol. The van der Waals surface area contributed by atoms with E-state index in [0.717, 1.165) is 4.90 Å². The van der Waals surface area contributed by atoms with Crippen LogP contribution < -0.4 is 10.6 Å². The van der Waals surface area contributed by atoms with Crippen LogP contribution in [0.1, 0.15) is 72.1 Å². The first-order chi connectivity index (χ1) is 14.7. The lowest BCUT2D eigenvalue weighted by atomic mass is 9.63. The number of carbonyl (C=O) groups excluding carboxylic acids is 4. The summed E-state index contributed by atoms with van der Waals surface area (Å²) in [7, 11) is 0. The van der Waals surface area contributed by atoms with Crippen molar-refractivity contribution >= 4 is 29.3 Å². The number of anilines is 1. The third kappa shape index (κ3) is 2.63. The lowest BCUT2D eigenvalue weighted by Crippen LogP contribution is -2.74. The average Bonchev–Trinajstić information content (AvgIpc) is 3.27. The number of fused-ring (bicyclic) bond motifs is 3. The summed E-state index contributed by atoms with van der Waals surface area (Å²) in [6.45, 7) is 5.89. The van der Waals surface area contributed by atoms with E-state index >= 15 is 0 Å². The van der Waals surface area contributed by atoms with Gasteiger partial charge in [-0.15, -0.1) is 5.10 Å².